The van der Waals surface area contributed by atoms with Gasteiger partial charge in [0.2, 0.25) is 5.90 Å². The molecule has 0 aliphatic carbocycles. The van der Waals surface area contributed by atoms with Crippen LogP contribution in [0.2, 0.25) is 0 Å². The smallest absolute Gasteiger partial charge is 0.266 e. The number of anilines is 1. The molecule has 262 valence electrons. The van der Waals surface area contributed by atoms with Gasteiger partial charge in [-0.3, -0.25) is 10.2 Å². The molecular formula is C37H40N10O4. The van der Waals surface area contributed by atoms with E-state index in [0.29, 0.717) is 42.0 Å². The number of hydrogen-bond donors (Lipinski definition) is 3. The second-order valence-electron chi connectivity index (χ2n) is 12.1. The van der Waals surface area contributed by atoms with Crippen LogP contribution in [-0.4, -0.2) is 49.8 Å². The Hall–Kier alpha value is -6.04. The molecule has 4 aromatic carbocycles. The molecule has 4 aromatic rings. The van der Waals surface area contributed by atoms with Crippen LogP contribution in [0, 0.1) is 0 Å². The van der Waals surface area contributed by atoms with Crippen molar-refractivity contribution in [2.24, 2.45) is 15.2 Å². The summed E-state index contributed by atoms with van der Waals surface area (Å²) in [6, 6.07) is 29.9. The summed E-state index contributed by atoms with van der Waals surface area (Å²) in [6.07, 6.45) is -0.365. The van der Waals surface area contributed by atoms with E-state index >= 15 is 0 Å². The molecule has 0 saturated carbocycles. The Morgan fingerprint density at radius 3 is 2.24 bits per heavy atom. The maximum absolute atomic E-state index is 14.7. The molecule has 1 heterocycles. The van der Waals surface area contributed by atoms with Crippen LogP contribution in [-0.2, 0) is 35.6 Å². The molecule has 1 aliphatic heterocycles. The molecule has 0 fully saturated rings. The number of amides is 1. The van der Waals surface area contributed by atoms with Crippen LogP contribution in [0.1, 0.15) is 45.9 Å². The van der Waals surface area contributed by atoms with Crippen molar-refractivity contribution in [1.82, 2.24) is 10.9 Å². The molecule has 5 rings (SSSR count). The fourth-order valence-corrected chi connectivity index (χ4v) is 5.83. The van der Waals surface area contributed by atoms with Crippen molar-refractivity contribution in [1.29, 1.82) is 0 Å². The predicted octanol–water partition coefficient (Wildman–Crippen LogP) is 6.46. The average molecular weight is 689 g/mol. The van der Waals surface area contributed by atoms with Crippen LogP contribution in [0.4, 0.5) is 5.69 Å². The lowest BCUT2D eigenvalue weighted by Gasteiger charge is -2.32. The Bertz CT molecular complexity index is 1920. The van der Waals surface area contributed by atoms with Gasteiger partial charge in [-0.1, -0.05) is 70.9 Å². The first-order valence-electron chi connectivity index (χ1n) is 16.4. The number of hydrazine groups is 1. The molecule has 0 bridgehead atoms. The van der Waals surface area contributed by atoms with Crippen LogP contribution in [0.3, 0.4) is 0 Å². The quantitative estimate of drug-likeness (QED) is 0.0375. The minimum absolute atomic E-state index is 0.0268. The zero-order chi connectivity index (χ0) is 36.1. The highest BCUT2D eigenvalue weighted by Crippen LogP contribution is 2.44. The lowest BCUT2D eigenvalue weighted by atomic mass is 9.80. The fraction of sp³-hybridized carbons (Fsp3) is 0.297. The second kappa shape index (κ2) is 17.6. The molecule has 51 heavy (non-hydrogen) atoms. The van der Waals surface area contributed by atoms with Crippen molar-refractivity contribution in [2.75, 3.05) is 32.2 Å². The number of hydrogen-bond acceptors (Lipinski definition) is 9. The molecule has 3 N–H and O–H groups in total. The number of rotatable bonds is 17. The Kier molecular flexibility index (Phi) is 12.5. The number of carbonyl (C=O) groups excluding carboxylic acids is 1. The van der Waals surface area contributed by atoms with Crippen LogP contribution in [0.5, 0.6) is 5.75 Å². The maximum atomic E-state index is 14.7. The number of benzene rings is 4. The van der Waals surface area contributed by atoms with E-state index in [1.165, 1.54) is 0 Å². The first-order valence-corrected chi connectivity index (χ1v) is 16.4. The molecule has 2 atom stereocenters. The third-order valence-electron chi connectivity index (χ3n) is 8.50. The Morgan fingerprint density at radius 1 is 0.922 bits per heavy atom. The molecule has 0 spiro atoms. The summed E-state index contributed by atoms with van der Waals surface area (Å²) in [5.41, 5.74) is 28.1. The van der Waals surface area contributed by atoms with E-state index < -0.39 is 17.6 Å². The number of aliphatic imine (C=N–C) groups is 1. The fourth-order valence-electron chi connectivity index (χ4n) is 5.83. The van der Waals surface area contributed by atoms with E-state index in [1.54, 1.807) is 24.3 Å². The summed E-state index contributed by atoms with van der Waals surface area (Å²) in [6.45, 7) is 0.852. The number of aliphatic hydroxyl groups excluding tert-OH is 1. The average Bonchev–Trinajstić information content (AvgIpc) is 3.54. The second-order valence-corrected chi connectivity index (χ2v) is 12.1. The van der Waals surface area contributed by atoms with Gasteiger partial charge in [0.15, 0.2) is 11.6 Å². The van der Waals surface area contributed by atoms with Crippen LogP contribution in [0.25, 0.3) is 20.9 Å². The number of ether oxygens (including phenoxy) is 2. The van der Waals surface area contributed by atoms with Gasteiger partial charge in [0.05, 0.1) is 19.7 Å². The monoisotopic (exact) mass is 688 g/mol. The van der Waals surface area contributed by atoms with Gasteiger partial charge in [-0.15, -0.1) is 0 Å². The van der Waals surface area contributed by atoms with Gasteiger partial charge in [0, 0.05) is 61.2 Å². The van der Waals surface area contributed by atoms with E-state index in [-0.39, 0.29) is 32.0 Å². The summed E-state index contributed by atoms with van der Waals surface area (Å²) < 4.78 is 12.4. The van der Waals surface area contributed by atoms with Gasteiger partial charge in [0.1, 0.15) is 5.75 Å². The van der Waals surface area contributed by atoms with Gasteiger partial charge in [-0.2, -0.15) is 0 Å². The molecule has 14 nitrogen and oxygen atoms in total. The van der Waals surface area contributed by atoms with E-state index in [2.05, 4.69) is 30.9 Å². The Balaban J connectivity index is 1.58. The highest BCUT2D eigenvalue weighted by Gasteiger charge is 2.54. The van der Waals surface area contributed by atoms with Gasteiger partial charge >= 0.3 is 0 Å². The number of nitrogens with one attached hydrogen (secondary N) is 2. The zero-order valence-corrected chi connectivity index (χ0v) is 28.5. The van der Waals surface area contributed by atoms with Crippen molar-refractivity contribution in [3.8, 4) is 5.75 Å². The summed E-state index contributed by atoms with van der Waals surface area (Å²) in [7, 11) is 3.94. The molecule has 0 unspecified atom stereocenters. The first kappa shape index (κ1) is 36.2. The van der Waals surface area contributed by atoms with Gasteiger partial charge < -0.3 is 19.5 Å². The molecule has 1 aliphatic rings. The number of aliphatic hydroxyl groups is 1. The molecule has 0 aromatic heterocycles. The SMILES string of the molecule is CN(C)c1ccc(CNNC(=O)[C@@]2(Cc3ccccc3CN=[N+]=[N-])N=C(c3ccc(OCCCO)cc3)O[C@H]2c2ccccc2CN=[N+]=[N-])cc1. The standard InChI is InChI=1S/C37H40N10O4/c1-47(2)31-16-12-26(13-17-31)23-40-44-36(49)37(22-28-8-3-4-9-29(28)24-41-45-38)34(33-11-6-5-10-30(33)25-42-46-39)51-35(43-37)27-14-18-32(19-15-27)50-21-7-20-48/h3-6,8-19,34,40,48H,7,20-25H2,1-2H3,(H,44,49)/t34-,37-/m0/s1. The third-order valence-corrected chi connectivity index (χ3v) is 8.50. The van der Waals surface area contributed by atoms with Crippen molar-refractivity contribution in [2.45, 2.75) is 44.1 Å². The van der Waals surface area contributed by atoms with E-state index in [9.17, 15) is 4.79 Å². The predicted molar refractivity (Wildman–Crippen MR) is 195 cm³/mol. The van der Waals surface area contributed by atoms with Gasteiger partial charge in [0.25, 0.3) is 5.91 Å². The topological polar surface area (TPSA) is 193 Å². The summed E-state index contributed by atoms with van der Waals surface area (Å²) >= 11 is 0. The van der Waals surface area contributed by atoms with Crippen LogP contribution in [0.15, 0.2) is 112 Å². The normalized spacial score (nSPS) is 16.2. The van der Waals surface area contributed by atoms with E-state index in [1.807, 2.05) is 91.8 Å². The summed E-state index contributed by atoms with van der Waals surface area (Å²) in [4.78, 5) is 27.8. The van der Waals surface area contributed by atoms with Crippen LogP contribution < -0.4 is 20.5 Å². The number of nitrogens with zero attached hydrogens (tertiary/aromatic N) is 8. The van der Waals surface area contributed by atoms with Gasteiger partial charge in [-0.05, 0) is 75.3 Å². The number of carbonyl (C=O) groups is 1. The van der Waals surface area contributed by atoms with Crippen molar-refractivity contribution in [3.05, 3.63) is 151 Å². The summed E-state index contributed by atoms with van der Waals surface area (Å²) in [5, 5.41) is 16.7. The minimum Gasteiger partial charge on any atom is -0.494 e. The first-order chi connectivity index (χ1) is 24.9. The molecule has 0 saturated heterocycles. The van der Waals surface area contributed by atoms with Crippen LogP contribution >= 0.6 is 0 Å². The highest BCUT2D eigenvalue weighted by atomic mass is 16.5. The number of azide groups is 2. The summed E-state index contributed by atoms with van der Waals surface area (Å²) in [5.74, 6) is 0.400. The van der Waals surface area contributed by atoms with E-state index in [0.717, 1.165) is 22.4 Å². The molecule has 1 amide bonds. The maximum Gasteiger partial charge on any atom is 0.266 e. The largest absolute Gasteiger partial charge is 0.494 e. The van der Waals surface area contributed by atoms with Crippen molar-refractivity contribution in [3.63, 3.8) is 0 Å². The van der Waals surface area contributed by atoms with E-state index in [4.69, 9.17) is 30.6 Å². The molecule has 14 heteroatoms. The van der Waals surface area contributed by atoms with Gasteiger partial charge in [-0.25, -0.2) is 10.4 Å². The lowest BCUT2D eigenvalue weighted by molar-refractivity contribution is -0.130. The Labute approximate surface area is 296 Å². The highest BCUT2D eigenvalue weighted by molar-refractivity contribution is 6.01. The third kappa shape index (κ3) is 8.96. The lowest BCUT2D eigenvalue weighted by Crippen LogP contribution is -2.54. The van der Waals surface area contributed by atoms with Crippen molar-refractivity contribution >= 4 is 17.5 Å². The molecular weight excluding hydrogens is 648 g/mol. The molecule has 0 radical (unpaired) electrons. The minimum atomic E-state index is -1.58. The van der Waals surface area contributed by atoms with Crippen molar-refractivity contribution < 1.29 is 19.4 Å². The Morgan fingerprint density at radius 2 is 1.57 bits per heavy atom. The zero-order valence-electron chi connectivity index (χ0n) is 28.5.